The van der Waals surface area contributed by atoms with Crippen LogP contribution < -0.4 is 0 Å². The van der Waals surface area contributed by atoms with E-state index in [1.54, 1.807) is 0 Å². The maximum Gasteiger partial charge on any atom is 0.308 e. The van der Waals surface area contributed by atoms with Gasteiger partial charge in [0.15, 0.2) is 0 Å². The number of esters is 1. The molecule has 19 heavy (non-hydrogen) atoms. The summed E-state index contributed by atoms with van der Waals surface area (Å²) >= 11 is 0. The lowest BCUT2D eigenvalue weighted by molar-refractivity contribution is -0.155. The molecule has 2 rings (SSSR count). The molecule has 0 aromatic rings. The topological polar surface area (TPSA) is 26.3 Å². The van der Waals surface area contributed by atoms with Crippen molar-refractivity contribution in [3.05, 3.63) is 0 Å². The Hall–Kier alpha value is -0.530. The lowest BCUT2D eigenvalue weighted by Crippen LogP contribution is -2.30. The smallest absolute Gasteiger partial charge is 0.308 e. The van der Waals surface area contributed by atoms with Crippen LogP contribution in [0.3, 0.4) is 0 Å². The van der Waals surface area contributed by atoms with E-state index in [0.717, 1.165) is 31.1 Å². The second-order valence-electron chi connectivity index (χ2n) is 6.68. The Balaban J connectivity index is 1.71. The van der Waals surface area contributed by atoms with E-state index in [-0.39, 0.29) is 18.0 Å². The van der Waals surface area contributed by atoms with Gasteiger partial charge in [0.05, 0.1) is 5.92 Å². The van der Waals surface area contributed by atoms with Crippen molar-refractivity contribution in [1.29, 1.82) is 0 Å². The number of ether oxygens (including phenoxy) is 1. The van der Waals surface area contributed by atoms with Gasteiger partial charge in [0.2, 0.25) is 0 Å². The fourth-order valence-corrected chi connectivity index (χ4v) is 3.73. The molecule has 0 N–H and O–H groups in total. The van der Waals surface area contributed by atoms with Crippen LogP contribution in [0.4, 0.5) is 0 Å². The second kappa shape index (κ2) is 7.31. The molecule has 0 aromatic heterocycles. The summed E-state index contributed by atoms with van der Waals surface area (Å²) in [6.07, 6.45) is 13.1. The van der Waals surface area contributed by atoms with Crippen LogP contribution in [-0.4, -0.2) is 12.1 Å². The summed E-state index contributed by atoms with van der Waals surface area (Å²) in [5, 5.41) is 0. The van der Waals surface area contributed by atoms with E-state index in [9.17, 15) is 4.79 Å². The van der Waals surface area contributed by atoms with Gasteiger partial charge in [-0.15, -0.1) is 0 Å². The number of carbonyl (C=O) groups is 1. The van der Waals surface area contributed by atoms with E-state index >= 15 is 0 Å². The fourth-order valence-electron chi connectivity index (χ4n) is 3.73. The van der Waals surface area contributed by atoms with E-state index < -0.39 is 0 Å². The van der Waals surface area contributed by atoms with Gasteiger partial charge in [-0.3, -0.25) is 4.79 Å². The average molecular weight is 266 g/mol. The molecule has 110 valence electrons. The quantitative estimate of drug-likeness (QED) is 0.688. The Morgan fingerprint density at radius 3 is 2.16 bits per heavy atom. The zero-order valence-electron chi connectivity index (χ0n) is 12.7. The summed E-state index contributed by atoms with van der Waals surface area (Å²) in [5.74, 6) is 1.97. The highest BCUT2D eigenvalue weighted by Gasteiger charge is 2.30. The summed E-state index contributed by atoms with van der Waals surface area (Å²) in [4.78, 5) is 11.8. The van der Waals surface area contributed by atoms with Gasteiger partial charge in [0.1, 0.15) is 6.10 Å². The van der Waals surface area contributed by atoms with Crippen LogP contribution in [0.2, 0.25) is 0 Å². The fraction of sp³-hybridized carbons (Fsp3) is 0.941. The van der Waals surface area contributed by atoms with Gasteiger partial charge in [0, 0.05) is 0 Å². The van der Waals surface area contributed by atoms with Gasteiger partial charge < -0.3 is 4.74 Å². The SMILES string of the molecule is CCC(C)C(=O)OC1CCC(C2CCCCC2)CC1. The molecule has 0 radical (unpaired) electrons. The summed E-state index contributed by atoms with van der Waals surface area (Å²) in [6.45, 7) is 4.02. The van der Waals surface area contributed by atoms with Crippen LogP contribution in [0.25, 0.3) is 0 Å². The van der Waals surface area contributed by atoms with E-state index in [0.29, 0.717) is 0 Å². The Morgan fingerprint density at radius 1 is 1.00 bits per heavy atom. The summed E-state index contributed by atoms with van der Waals surface area (Å²) < 4.78 is 5.64. The minimum atomic E-state index is 0.0172. The lowest BCUT2D eigenvalue weighted by Gasteiger charge is -2.35. The Labute approximate surface area is 118 Å². The summed E-state index contributed by atoms with van der Waals surface area (Å²) in [6, 6.07) is 0. The highest BCUT2D eigenvalue weighted by atomic mass is 16.5. The molecule has 2 fully saturated rings. The maximum atomic E-state index is 11.8. The van der Waals surface area contributed by atoms with Crippen molar-refractivity contribution in [2.24, 2.45) is 17.8 Å². The van der Waals surface area contributed by atoms with Gasteiger partial charge in [-0.1, -0.05) is 46.0 Å². The maximum absolute atomic E-state index is 11.8. The van der Waals surface area contributed by atoms with Crippen LogP contribution in [0.1, 0.15) is 78.1 Å². The number of rotatable bonds is 4. The Kier molecular flexibility index (Phi) is 5.72. The predicted molar refractivity (Wildman–Crippen MR) is 77.9 cm³/mol. The van der Waals surface area contributed by atoms with Gasteiger partial charge in [-0.05, 0) is 43.9 Å². The first kappa shape index (κ1) is 14.9. The molecule has 2 nitrogen and oxygen atoms in total. The normalized spacial score (nSPS) is 30.8. The molecule has 0 spiro atoms. The molecule has 0 aromatic carbocycles. The van der Waals surface area contributed by atoms with Crippen LogP contribution in [-0.2, 0) is 9.53 Å². The van der Waals surface area contributed by atoms with Crippen molar-refractivity contribution in [1.82, 2.24) is 0 Å². The van der Waals surface area contributed by atoms with Crippen molar-refractivity contribution >= 4 is 5.97 Å². The van der Waals surface area contributed by atoms with E-state index in [4.69, 9.17) is 4.74 Å². The molecule has 2 aliphatic rings. The molecular weight excluding hydrogens is 236 g/mol. The number of hydrogen-bond acceptors (Lipinski definition) is 2. The third-order valence-corrected chi connectivity index (χ3v) is 5.33. The van der Waals surface area contributed by atoms with Crippen molar-refractivity contribution < 1.29 is 9.53 Å². The van der Waals surface area contributed by atoms with Crippen LogP contribution in [0.5, 0.6) is 0 Å². The Bertz CT molecular complexity index is 273. The van der Waals surface area contributed by atoms with Crippen molar-refractivity contribution in [2.45, 2.75) is 84.2 Å². The summed E-state index contributed by atoms with van der Waals surface area (Å²) in [7, 11) is 0. The van der Waals surface area contributed by atoms with Crippen LogP contribution >= 0.6 is 0 Å². The van der Waals surface area contributed by atoms with Crippen LogP contribution in [0.15, 0.2) is 0 Å². The number of hydrogen-bond donors (Lipinski definition) is 0. The minimum Gasteiger partial charge on any atom is -0.462 e. The molecule has 1 atom stereocenters. The molecule has 2 aliphatic carbocycles. The molecular formula is C17H30O2. The average Bonchev–Trinajstić information content (AvgIpc) is 2.48. The van der Waals surface area contributed by atoms with Crippen molar-refractivity contribution in [3.63, 3.8) is 0 Å². The molecule has 0 bridgehead atoms. The first-order valence-electron chi connectivity index (χ1n) is 8.41. The molecule has 1 unspecified atom stereocenters. The first-order chi connectivity index (χ1) is 9.20. The Morgan fingerprint density at radius 2 is 1.58 bits per heavy atom. The van der Waals surface area contributed by atoms with Crippen molar-refractivity contribution in [3.8, 4) is 0 Å². The van der Waals surface area contributed by atoms with Gasteiger partial charge in [-0.25, -0.2) is 0 Å². The lowest BCUT2D eigenvalue weighted by atomic mass is 9.73. The zero-order valence-corrected chi connectivity index (χ0v) is 12.7. The van der Waals surface area contributed by atoms with Gasteiger partial charge in [0.25, 0.3) is 0 Å². The molecule has 2 saturated carbocycles. The zero-order chi connectivity index (χ0) is 13.7. The molecule has 0 amide bonds. The monoisotopic (exact) mass is 266 g/mol. The van der Waals surface area contributed by atoms with E-state index in [1.807, 2.05) is 13.8 Å². The van der Waals surface area contributed by atoms with Gasteiger partial charge in [-0.2, -0.15) is 0 Å². The van der Waals surface area contributed by atoms with E-state index in [1.165, 1.54) is 44.9 Å². The van der Waals surface area contributed by atoms with Gasteiger partial charge >= 0.3 is 5.97 Å². The second-order valence-corrected chi connectivity index (χ2v) is 6.68. The molecule has 0 heterocycles. The van der Waals surface area contributed by atoms with Crippen molar-refractivity contribution in [2.75, 3.05) is 0 Å². The first-order valence-corrected chi connectivity index (χ1v) is 8.41. The third-order valence-electron chi connectivity index (χ3n) is 5.33. The minimum absolute atomic E-state index is 0.0172. The third kappa shape index (κ3) is 4.22. The molecule has 0 aliphatic heterocycles. The largest absolute Gasteiger partial charge is 0.462 e. The highest BCUT2D eigenvalue weighted by molar-refractivity contribution is 5.72. The van der Waals surface area contributed by atoms with Crippen LogP contribution in [0, 0.1) is 17.8 Å². The van der Waals surface area contributed by atoms with E-state index in [2.05, 4.69) is 0 Å². The summed E-state index contributed by atoms with van der Waals surface area (Å²) in [5.41, 5.74) is 0. The predicted octanol–water partition coefficient (Wildman–Crippen LogP) is 4.71. The molecule has 0 saturated heterocycles. The molecule has 2 heteroatoms. The highest BCUT2D eigenvalue weighted by Crippen LogP contribution is 2.38. The number of carbonyl (C=O) groups excluding carboxylic acids is 1. The standard InChI is InChI=1S/C17H30O2/c1-3-13(2)17(18)19-16-11-9-15(10-12-16)14-7-5-4-6-8-14/h13-16H,3-12H2,1-2H3.